The maximum atomic E-state index is 13.2. The highest BCUT2D eigenvalue weighted by atomic mass is 16.5. The van der Waals surface area contributed by atoms with E-state index < -0.39 is 6.04 Å². The van der Waals surface area contributed by atoms with Gasteiger partial charge in [-0.2, -0.15) is 0 Å². The van der Waals surface area contributed by atoms with Crippen LogP contribution in [0, 0.1) is 23.2 Å². The molecule has 1 atom stereocenters. The summed E-state index contributed by atoms with van der Waals surface area (Å²) in [5.41, 5.74) is 0.943. The van der Waals surface area contributed by atoms with Crippen LogP contribution in [0.15, 0.2) is 30.3 Å². The van der Waals surface area contributed by atoms with Crippen molar-refractivity contribution >= 4 is 11.9 Å². The van der Waals surface area contributed by atoms with E-state index in [1.54, 1.807) is 0 Å². The van der Waals surface area contributed by atoms with E-state index in [1.165, 1.54) is 31.9 Å². The first-order valence-electron chi connectivity index (χ1n) is 10.0. The highest BCUT2D eigenvalue weighted by Crippen LogP contribution is 2.60. The van der Waals surface area contributed by atoms with E-state index in [4.69, 9.17) is 4.74 Å². The summed E-state index contributed by atoms with van der Waals surface area (Å²) in [6.07, 6.45) is 8.28. The first-order chi connectivity index (χ1) is 12.6. The Morgan fingerprint density at radius 1 is 1.08 bits per heavy atom. The molecular formula is C22H29NO3. The van der Waals surface area contributed by atoms with Crippen LogP contribution >= 0.6 is 0 Å². The first kappa shape index (κ1) is 17.6. The fourth-order valence-electron chi connectivity index (χ4n) is 6.05. The van der Waals surface area contributed by atoms with Crippen molar-refractivity contribution in [3.05, 3.63) is 35.9 Å². The Morgan fingerprint density at radius 3 is 2.19 bits per heavy atom. The van der Waals surface area contributed by atoms with Gasteiger partial charge in [-0.15, -0.1) is 0 Å². The zero-order chi connectivity index (χ0) is 18.1. The summed E-state index contributed by atoms with van der Waals surface area (Å²) in [5.74, 6) is 1.91. The van der Waals surface area contributed by atoms with Crippen molar-refractivity contribution in [3.63, 3.8) is 0 Å². The monoisotopic (exact) mass is 355 g/mol. The van der Waals surface area contributed by atoms with Gasteiger partial charge in [-0.05, 0) is 74.7 Å². The number of benzene rings is 1. The number of rotatable bonds is 6. The molecule has 1 N–H and O–H groups in total. The van der Waals surface area contributed by atoms with Gasteiger partial charge < -0.3 is 10.1 Å². The van der Waals surface area contributed by atoms with E-state index in [0.717, 1.165) is 25.7 Å². The lowest BCUT2D eigenvalue weighted by molar-refractivity contribution is -0.153. The molecule has 4 bridgehead atoms. The van der Waals surface area contributed by atoms with Crippen LogP contribution in [0.4, 0.5) is 0 Å². The molecule has 4 heteroatoms. The van der Waals surface area contributed by atoms with Gasteiger partial charge in [-0.3, -0.25) is 4.79 Å². The molecule has 26 heavy (non-hydrogen) atoms. The van der Waals surface area contributed by atoms with Gasteiger partial charge >= 0.3 is 5.97 Å². The van der Waals surface area contributed by atoms with E-state index in [9.17, 15) is 9.59 Å². The molecule has 1 aromatic rings. The van der Waals surface area contributed by atoms with Crippen LogP contribution in [0.5, 0.6) is 0 Å². The molecule has 4 saturated carbocycles. The maximum absolute atomic E-state index is 13.2. The second-order valence-electron chi connectivity index (χ2n) is 8.77. The van der Waals surface area contributed by atoms with Crippen molar-refractivity contribution in [1.29, 1.82) is 0 Å². The third-order valence-electron chi connectivity index (χ3n) is 6.88. The van der Waals surface area contributed by atoms with Crippen molar-refractivity contribution in [1.82, 2.24) is 5.32 Å². The smallest absolute Gasteiger partial charge is 0.328 e. The fraction of sp³-hybridized carbons (Fsp3) is 0.636. The van der Waals surface area contributed by atoms with Crippen LogP contribution in [0.25, 0.3) is 0 Å². The predicted octanol–water partition coefficient (Wildman–Crippen LogP) is 3.49. The quantitative estimate of drug-likeness (QED) is 0.795. The molecule has 0 unspecified atom stereocenters. The minimum atomic E-state index is -0.555. The summed E-state index contributed by atoms with van der Waals surface area (Å²) in [4.78, 5) is 25.5. The largest absolute Gasteiger partial charge is 0.467 e. The molecule has 4 aliphatic carbocycles. The van der Waals surface area contributed by atoms with Gasteiger partial charge in [0.15, 0.2) is 0 Å². The third-order valence-corrected chi connectivity index (χ3v) is 6.88. The van der Waals surface area contributed by atoms with Crippen molar-refractivity contribution in [2.24, 2.45) is 23.2 Å². The summed E-state index contributed by atoms with van der Waals surface area (Å²) < 4.78 is 4.97. The molecule has 0 aliphatic heterocycles. The number of esters is 1. The highest BCUT2D eigenvalue weighted by molar-refractivity contribution is 5.88. The van der Waals surface area contributed by atoms with Gasteiger partial charge in [-0.1, -0.05) is 30.3 Å². The Balaban J connectivity index is 1.43. The number of carbonyl (C=O) groups is 2. The Morgan fingerprint density at radius 2 is 1.65 bits per heavy atom. The number of nitrogens with one attached hydrogen (secondary N) is 1. The molecule has 4 aliphatic rings. The topological polar surface area (TPSA) is 55.4 Å². The van der Waals surface area contributed by atoms with Crippen LogP contribution in [0.1, 0.15) is 50.5 Å². The second kappa shape index (κ2) is 7.05. The minimum Gasteiger partial charge on any atom is -0.467 e. The molecule has 0 aromatic heterocycles. The number of hydrogen-bond donors (Lipinski definition) is 1. The summed E-state index contributed by atoms with van der Waals surface area (Å²) in [6, 6.07) is 9.52. The zero-order valence-corrected chi connectivity index (χ0v) is 15.6. The Kier molecular flexibility index (Phi) is 4.76. The molecule has 4 nitrogen and oxygen atoms in total. The van der Waals surface area contributed by atoms with Gasteiger partial charge in [0, 0.05) is 5.41 Å². The van der Waals surface area contributed by atoms with Crippen molar-refractivity contribution in [2.75, 3.05) is 7.11 Å². The van der Waals surface area contributed by atoms with Crippen LogP contribution in [-0.4, -0.2) is 25.0 Å². The van der Waals surface area contributed by atoms with Gasteiger partial charge in [0.2, 0.25) is 5.91 Å². The van der Waals surface area contributed by atoms with Crippen molar-refractivity contribution in [3.8, 4) is 0 Å². The second-order valence-corrected chi connectivity index (χ2v) is 8.77. The Hall–Kier alpha value is -1.84. The molecule has 140 valence electrons. The number of methoxy groups -OCH3 is 1. The lowest BCUT2D eigenvalue weighted by Gasteiger charge is -2.55. The maximum Gasteiger partial charge on any atom is 0.328 e. The van der Waals surface area contributed by atoms with Crippen LogP contribution in [-0.2, 0) is 20.7 Å². The highest BCUT2D eigenvalue weighted by Gasteiger charge is 2.54. The average Bonchev–Trinajstić information content (AvgIpc) is 2.64. The van der Waals surface area contributed by atoms with E-state index >= 15 is 0 Å². The van der Waals surface area contributed by atoms with Crippen molar-refractivity contribution in [2.45, 2.75) is 57.4 Å². The normalized spacial score (nSPS) is 32.9. The molecule has 0 heterocycles. The number of carbonyl (C=O) groups excluding carboxylic acids is 2. The molecule has 0 spiro atoms. The summed E-state index contributed by atoms with van der Waals surface area (Å²) >= 11 is 0. The molecule has 1 amide bonds. The summed E-state index contributed by atoms with van der Waals surface area (Å²) in [6.45, 7) is 0. The summed E-state index contributed by atoms with van der Waals surface area (Å²) in [5, 5.41) is 3.08. The van der Waals surface area contributed by atoms with Gasteiger partial charge in [0.25, 0.3) is 0 Å². The lowest BCUT2D eigenvalue weighted by Crippen LogP contribution is -2.56. The average molecular weight is 355 g/mol. The zero-order valence-electron chi connectivity index (χ0n) is 15.6. The fourth-order valence-corrected chi connectivity index (χ4v) is 6.05. The van der Waals surface area contributed by atoms with E-state index in [2.05, 4.69) is 17.4 Å². The van der Waals surface area contributed by atoms with E-state index in [0.29, 0.717) is 24.2 Å². The van der Waals surface area contributed by atoms with Crippen LogP contribution < -0.4 is 5.32 Å². The molecule has 0 saturated heterocycles. The number of amides is 1. The lowest BCUT2D eigenvalue weighted by atomic mass is 9.49. The number of hydrogen-bond acceptors (Lipinski definition) is 3. The first-order valence-corrected chi connectivity index (χ1v) is 10.0. The van der Waals surface area contributed by atoms with Gasteiger partial charge in [-0.25, -0.2) is 4.79 Å². The van der Waals surface area contributed by atoms with Crippen molar-refractivity contribution < 1.29 is 14.3 Å². The molecule has 0 radical (unpaired) electrons. The number of ether oxygens (including phenoxy) is 1. The predicted molar refractivity (Wildman–Crippen MR) is 99.3 cm³/mol. The van der Waals surface area contributed by atoms with E-state index in [1.807, 2.05) is 18.2 Å². The molecule has 5 rings (SSSR count). The molecule has 1 aromatic carbocycles. The Labute approximate surface area is 155 Å². The molecular weight excluding hydrogens is 326 g/mol. The Bertz CT molecular complexity index is 634. The molecule has 4 fully saturated rings. The summed E-state index contributed by atoms with van der Waals surface area (Å²) in [7, 11) is 1.40. The van der Waals surface area contributed by atoms with Gasteiger partial charge in [0.1, 0.15) is 6.04 Å². The SMILES string of the molecule is COC(=O)[C@H](CCc1ccccc1)NC(=O)C12CC3CC(CC(C3)C1)C2. The van der Waals surface area contributed by atoms with Crippen LogP contribution in [0.2, 0.25) is 0 Å². The van der Waals surface area contributed by atoms with Gasteiger partial charge in [0.05, 0.1) is 7.11 Å². The minimum absolute atomic E-state index is 0.0973. The third kappa shape index (κ3) is 3.38. The van der Waals surface area contributed by atoms with E-state index in [-0.39, 0.29) is 17.3 Å². The number of aryl methyl sites for hydroxylation is 1. The van der Waals surface area contributed by atoms with Crippen LogP contribution in [0.3, 0.4) is 0 Å². The standard InChI is InChI=1S/C22H29NO3/c1-26-20(24)19(8-7-15-5-3-2-4-6-15)23-21(25)22-12-16-9-17(13-22)11-18(10-16)14-22/h2-6,16-19H,7-14H2,1H3,(H,23,25)/t16?,17?,18?,19-,22?/m0/s1.